The Morgan fingerprint density at radius 2 is 1.56 bits per heavy atom. The largest absolute Gasteiger partial charge is 1.00 e. The summed E-state index contributed by atoms with van der Waals surface area (Å²) in [4.78, 5) is 12.3. The Bertz CT molecular complexity index is 1330. The molecular weight excluding hydrogens is 459 g/mol. The summed E-state index contributed by atoms with van der Waals surface area (Å²) in [7, 11) is -4.77. The average Bonchev–Trinajstić information content (AvgIpc) is 2.70. The van der Waals surface area contributed by atoms with Crippen molar-refractivity contribution in [1.29, 1.82) is 0 Å². The van der Waals surface area contributed by atoms with Crippen molar-refractivity contribution in [2.75, 3.05) is 0 Å². The summed E-state index contributed by atoms with van der Waals surface area (Å²) >= 11 is 0. The van der Waals surface area contributed by atoms with E-state index < -0.39 is 10.1 Å². The molecule has 0 unspecified atom stereocenters. The van der Waals surface area contributed by atoms with Crippen molar-refractivity contribution in [2.24, 2.45) is 5.92 Å². The van der Waals surface area contributed by atoms with Crippen molar-refractivity contribution in [1.82, 2.24) is 0 Å². The third kappa shape index (κ3) is 5.64. The number of carbonyl (C=O) groups excluding carboxylic acids is 1. The fraction of sp³-hybridized carbons (Fsp3) is 0.296. The second-order valence-corrected chi connectivity index (χ2v) is 10.4. The summed E-state index contributed by atoms with van der Waals surface area (Å²) in [5, 5.41) is 10.5. The van der Waals surface area contributed by atoms with Crippen molar-refractivity contribution in [3.05, 3.63) is 87.5 Å². The second-order valence-electron chi connectivity index (χ2n) is 9.07. The normalized spacial score (nSPS) is 15.7. The van der Waals surface area contributed by atoms with Gasteiger partial charge in [-0.2, -0.15) is 0 Å². The fourth-order valence-electron chi connectivity index (χ4n) is 4.19. The molecule has 0 fully saturated rings. The van der Waals surface area contributed by atoms with Gasteiger partial charge in [-0.15, -0.1) is 0 Å². The van der Waals surface area contributed by atoms with Crippen LogP contribution in [0.25, 0.3) is 5.57 Å². The molecule has 2 aromatic rings. The molecule has 0 radical (unpaired) electrons. The summed E-state index contributed by atoms with van der Waals surface area (Å²) < 4.78 is 36.6. The van der Waals surface area contributed by atoms with E-state index in [0.717, 1.165) is 5.56 Å². The van der Waals surface area contributed by atoms with Gasteiger partial charge in [0.1, 0.15) is 15.9 Å². The van der Waals surface area contributed by atoms with Gasteiger partial charge in [-0.25, -0.2) is 8.42 Å². The molecule has 174 valence electrons. The molecule has 34 heavy (non-hydrogen) atoms. The average molecular weight is 489 g/mol. The summed E-state index contributed by atoms with van der Waals surface area (Å²) in [6.45, 7) is 11.4. The van der Waals surface area contributed by atoms with Crippen LogP contribution < -0.4 is 29.6 Å². The van der Waals surface area contributed by atoms with E-state index in [1.54, 1.807) is 37.3 Å². The molecule has 2 aromatic carbocycles. The Morgan fingerprint density at radius 3 is 2.12 bits per heavy atom. The number of aromatic hydroxyl groups is 1. The summed E-state index contributed by atoms with van der Waals surface area (Å²) in [6, 6.07) is 9.61. The van der Waals surface area contributed by atoms with Gasteiger partial charge in [0.2, 0.25) is 0 Å². The van der Waals surface area contributed by atoms with Gasteiger partial charge < -0.3 is 9.66 Å². The van der Waals surface area contributed by atoms with Crippen molar-refractivity contribution in [2.45, 2.75) is 52.4 Å². The number of benzene rings is 2. The number of hydrogen-bond donors (Lipinski definition) is 1. The van der Waals surface area contributed by atoms with Gasteiger partial charge in [0.25, 0.3) is 0 Å². The molecule has 1 N–H and O–H groups in total. The van der Waals surface area contributed by atoms with E-state index in [9.17, 15) is 22.9 Å². The van der Waals surface area contributed by atoms with Crippen molar-refractivity contribution < 1.29 is 52.4 Å². The predicted octanol–water partition coefficient (Wildman–Crippen LogP) is 2.65. The van der Waals surface area contributed by atoms with Crippen LogP contribution in [-0.2, 0) is 14.9 Å². The van der Waals surface area contributed by atoms with Gasteiger partial charge >= 0.3 is 29.6 Å². The van der Waals surface area contributed by atoms with E-state index >= 15 is 0 Å². The topological polar surface area (TPSA) is 94.5 Å². The zero-order valence-electron chi connectivity index (χ0n) is 20.8. The number of phenolic OH excluding ortho intramolecular Hbond substituents is 1. The Balaban J connectivity index is 0.00000408. The van der Waals surface area contributed by atoms with Crippen molar-refractivity contribution >= 4 is 21.5 Å². The third-order valence-corrected chi connectivity index (χ3v) is 6.83. The maximum absolute atomic E-state index is 12.6. The van der Waals surface area contributed by atoms with Crippen LogP contribution in [0.15, 0.2) is 70.2 Å². The zero-order valence-corrected chi connectivity index (χ0v) is 23.6. The Morgan fingerprint density at radius 1 is 0.941 bits per heavy atom. The summed E-state index contributed by atoms with van der Waals surface area (Å²) in [5.74, 6) is 0.0506. The first-order chi connectivity index (χ1) is 15.3. The minimum Gasteiger partial charge on any atom is -0.744 e. The van der Waals surface area contributed by atoms with Gasteiger partial charge in [-0.05, 0) is 89.4 Å². The minimum atomic E-state index is -4.77. The number of hydrogen-bond acceptors (Lipinski definition) is 5. The molecule has 0 aromatic heterocycles. The molecule has 0 amide bonds. The van der Waals surface area contributed by atoms with Gasteiger partial charge in [0, 0.05) is 11.1 Å². The van der Waals surface area contributed by atoms with E-state index in [4.69, 9.17) is 0 Å². The summed E-state index contributed by atoms with van der Waals surface area (Å²) in [5.41, 5.74) is 4.91. The van der Waals surface area contributed by atoms with E-state index in [1.165, 1.54) is 12.1 Å². The maximum Gasteiger partial charge on any atom is 1.00 e. The number of ketones is 1. The van der Waals surface area contributed by atoms with Crippen LogP contribution in [0.1, 0.15) is 62.8 Å². The number of phenols is 1. The van der Waals surface area contributed by atoms with E-state index in [2.05, 4.69) is 0 Å². The number of aryl methyl sites for hydroxylation is 1. The van der Waals surface area contributed by atoms with Crippen LogP contribution in [0.2, 0.25) is 0 Å². The molecule has 0 atom stereocenters. The molecule has 7 heteroatoms. The van der Waals surface area contributed by atoms with Crippen LogP contribution in [0.3, 0.4) is 0 Å². The first-order valence-electron chi connectivity index (χ1n) is 10.9. The molecule has 1 aliphatic rings. The van der Waals surface area contributed by atoms with Crippen LogP contribution in [0.4, 0.5) is 0 Å². The van der Waals surface area contributed by atoms with E-state index in [0.29, 0.717) is 33.4 Å². The fourth-order valence-corrected chi connectivity index (χ4v) is 4.87. The first-order valence-corrected chi connectivity index (χ1v) is 12.3. The van der Waals surface area contributed by atoms with Gasteiger partial charge in [-0.3, -0.25) is 4.79 Å². The number of allylic oxidation sites excluding steroid dienone is 5. The van der Waals surface area contributed by atoms with Gasteiger partial charge in [-0.1, -0.05) is 45.9 Å². The van der Waals surface area contributed by atoms with Crippen LogP contribution >= 0.6 is 0 Å². The predicted molar refractivity (Wildman–Crippen MR) is 129 cm³/mol. The zero-order chi connectivity index (χ0) is 24.7. The van der Waals surface area contributed by atoms with Crippen molar-refractivity contribution in [3.8, 4) is 5.75 Å². The molecule has 0 saturated heterocycles. The first kappa shape index (κ1) is 28.3. The molecule has 0 bridgehead atoms. The third-order valence-electron chi connectivity index (χ3n) is 5.94. The van der Waals surface area contributed by atoms with Crippen LogP contribution in [0.5, 0.6) is 5.75 Å². The standard InChI is InChI=1S/C27H30O5S.Na/c1-15(2)20-13-22(17(5)11-24(20)28)27(19-9-7-8-10-26(19)33(30,31)32)23-14-21(16(3)4)25(29)12-18(23)6;/h7-16,28H,1-6H3,(H,30,31,32);/q;+1/p-1/b27-23+;. The van der Waals surface area contributed by atoms with Gasteiger partial charge in [0.15, 0.2) is 5.78 Å². The van der Waals surface area contributed by atoms with E-state index in [1.807, 2.05) is 40.7 Å². The number of carbonyl (C=O) groups is 1. The van der Waals surface area contributed by atoms with E-state index in [-0.39, 0.29) is 63.4 Å². The molecule has 3 rings (SSSR count). The molecule has 0 heterocycles. The number of rotatable bonds is 5. The maximum atomic E-state index is 12.6. The molecule has 0 aliphatic heterocycles. The Kier molecular flexibility index (Phi) is 8.94. The van der Waals surface area contributed by atoms with Crippen LogP contribution in [-0.4, -0.2) is 23.9 Å². The second kappa shape index (κ2) is 10.8. The molecule has 1 aliphatic carbocycles. The van der Waals surface area contributed by atoms with Gasteiger partial charge in [0.05, 0.1) is 4.90 Å². The molecular formula is C27H29NaO5S. The molecule has 5 nitrogen and oxygen atoms in total. The SMILES string of the molecule is CC1=CC(=O)C(C(C)C)=C/C1=C(\c1cc(C(C)C)c(O)cc1C)c1ccccc1S(=O)(=O)[O-].[Na+]. The Labute approximate surface area is 224 Å². The quantitative estimate of drug-likeness (QED) is 0.516. The Hall–Kier alpha value is -1.96. The van der Waals surface area contributed by atoms with Crippen LogP contribution in [0, 0.1) is 12.8 Å². The molecule has 0 spiro atoms. The molecule has 0 saturated carbocycles. The minimum absolute atomic E-state index is 0. The summed E-state index contributed by atoms with van der Waals surface area (Å²) in [6.07, 6.45) is 3.35. The smallest absolute Gasteiger partial charge is 0.744 e. The van der Waals surface area contributed by atoms with Crippen molar-refractivity contribution in [3.63, 3.8) is 0 Å². The monoisotopic (exact) mass is 488 g/mol.